The number of aryl methyl sites for hydroxylation is 2. The van der Waals surface area contributed by atoms with E-state index in [9.17, 15) is 9.59 Å². The number of rotatable bonds is 6. The summed E-state index contributed by atoms with van der Waals surface area (Å²) in [5.41, 5.74) is 2.78. The van der Waals surface area contributed by atoms with Gasteiger partial charge in [0.15, 0.2) is 0 Å². The van der Waals surface area contributed by atoms with E-state index in [0.717, 1.165) is 28.8 Å². The molecule has 8 heteroatoms. The lowest BCUT2D eigenvalue weighted by atomic mass is 10.2. The number of hydrogen-bond donors (Lipinski definition) is 1. The van der Waals surface area contributed by atoms with Crippen molar-refractivity contribution in [1.82, 2.24) is 10.1 Å². The molecule has 0 bridgehead atoms. The Kier molecular flexibility index (Phi) is 6.79. The highest BCUT2D eigenvalue weighted by atomic mass is 32.2. The van der Waals surface area contributed by atoms with Gasteiger partial charge in [0.2, 0.25) is 0 Å². The first kappa shape index (κ1) is 21.4. The number of carbonyl (C=O) groups excluding carboxylic acids is 2. The number of nitrogens with one attached hydrogen (secondary N) is 1. The molecule has 0 unspecified atom stereocenters. The summed E-state index contributed by atoms with van der Waals surface area (Å²) in [5, 5.41) is 6.66. The molecular weight excluding hydrogens is 402 g/mol. The smallest absolute Gasteiger partial charge is 0.286 e. The molecule has 2 aromatic carbocycles. The third-order valence-corrected chi connectivity index (χ3v) is 5.49. The van der Waals surface area contributed by atoms with E-state index in [4.69, 9.17) is 9.26 Å². The van der Waals surface area contributed by atoms with Crippen LogP contribution >= 0.6 is 11.8 Å². The molecule has 0 aliphatic carbocycles. The van der Waals surface area contributed by atoms with Crippen molar-refractivity contribution < 1.29 is 18.8 Å². The first-order valence-electron chi connectivity index (χ1n) is 9.29. The van der Waals surface area contributed by atoms with E-state index in [-0.39, 0.29) is 11.1 Å². The third-order valence-electron chi connectivity index (χ3n) is 4.38. The molecule has 2 amide bonds. The van der Waals surface area contributed by atoms with E-state index in [1.54, 1.807) is 50.5 Å². The van der Waals surface area contributed by atoms with Gasteiger partial charge >= 0.3 is 0 Å². The van der Waals surface area contributed by atoms with Crippen molar-refractivity contribution in [1.29, 1.82) is 0 Å². The number of aromatic nitrogens is 1. The fraction of sp³-hybridized carbons (Fsp3) is 0.227. The summed E-state index contributed by atoms with van der Waals surface area (Å²) in [6.07, 6.45) is 0. The molecule has 1 N–H and O–H groups in total. The van der Waals surface area contributed by atoms with Crippen molar-refractivity contribution in [3.63, 3.8) is 0 Å². The van der Waals surface area contributed by atoms with Crippen LogP contribution in [0.3, 0.4) is 0 Å². The lowest BCUT2D eigenvalue weighted by molar-refractivity contribution is 0.102. The molecule has 0 atom stereocenters. The summed E-state index contributed by atoms with van der Waals surface area (Å²) in [6.45, 7) is 4.05. The summed E-state index contributed by atoms with van der Waals surface area (Å²) in [6, 6.07) is 14.1. The molecule has 3 rings (SSSR count). The number of para-hydroxylation sites is 1. The molecule has 30 heavy (non-hydrogen) atoms. The number of nitrogens with zero attached hydrogens (tertiary/aromatic N) is 2. The topological polar surface area (TPSA) is 84.7 Å². The van der Waals surface area contributed by atoms with E-state index in [2.05, 4.69) is 10.5 Å². The lowest BCUT2D eigenvalue weighted by Gasteiger charge is -2.13. The maximum absolute atomic E-state index is 12.7. The van der Waals surface area contributed by atoms with Crippen LogP contribution < -0.4 is 10.1 Å². The lowest BCUT2D eigenvalue weighted by Crippen LogP contribution is -2.17. The molecular formula is C22H23N3O4S. The fourth-order valence-electron chi connectivity index (χ4n) is 2.60. The van der Waals surface area contributed by atoms with Gasteiger partial charge in [0.25, 0.3) is 11.1 Å². The Morgan fingerprint density at radius 3 is 2.43 bits per heavy atom. The summed E-state index contributed by atoms with van der Waals surface area (Å²) in [7, 11) is 3.37. The predicted octanol–water partition coefficient (Wildman–Crippen LogP) is 4.90. The number of anilines is 1. The highest BCUT2D eigenvalue weighted by molar-refractivity contribution is 8.13. The zero-order valence-electron chi connectivity index (χ0n) is 17.3. The van der Waals surface area contributed by atoms with E-state index in [1.165, 1.54) is 4.90 Å². The average molecular weight is 426 g/mol. The minimum atomic E-state index is -0.266. The summed E-state index contributed by atoms with van der Waals surface area (Å²) < 4.78 is 10.9. The molecule has 0 saturated carbocycles. The minimum absolute atomic E-state index is 0.114. The van der Waals surface area contributed by atoms with Gasteiger partial charge in [-0.05, 0) is 62.0 Å². The number of thioether (sulfide) groups is 1. The summed E-state index contributed by atoms with van der Waals surface area (Å²) in [4.78, 5) is 26.8. The zero-order valence-corrected chi connectivity index (χ0v) is 18.1. The van der Waals surface area contributed by atoms with Crippen LogP contribution in [0.15, 0.2) is 57.9 Å². The molecule has 7 nitrogen and oxygen atoms in total. The van der Waals surface area contributed by atoms with Crippen LogP contribution in [0.1, 0.15) is 27.4 Å². The van der Waals surface area contributed by atoms with Crippen molar-refractivity contribution in [3.05, 3.63) is 71.1 Å². The van der Waals surface area contributed by atoms with E-state index in [0.29, 0.717) is 28.5 Å². The van der Waals surface area contributed by atoms with Gasteiger partial charge in [-0.25, -0.2) is 0 Å². The van der Waals surface area contributed by atoms with Crippen LogP contribution in [-0.2, 0) is 6.61 Å². The monoisotopic (exact) mass is 425 g/mol. The zero-order chi connectivity index (χ0) is 21.7. The number of amides is 2. The van der Waals surface area contributed by atoms with Crippen molar-refractivity contribution in [2.45, 2.75) is 25.3 Å². The Morgan fingerprint density at radius 1 is 1.10 bits per heavy atom. The molecule has 0 radical (unpaired) electrons. The average Bonchev–Trinajstić information content (AvgIpc) is 3.05. The van der Waals surface area contributed by atoms with Gasteiger partial charge in [-0.3, -0.25) is 9.59 Å². The van der Waals surface area contributed by atoms with Crippen LogP contribution in [0.4, 0.5) is 10.5 Å². The molecule has 0 saturated heterocycles. The maximum atomic E-state index is 12.7. The second-order valence-corrected chi connectivity index (χ2v) is 7.82. The first-order chi connectivity index (χ1) is 14.3. The molecule has 1 aromatic heterocycles. The second-order valence-electron chi connectivity index (χ2n) is 6.83. The molecule has 3 aromatic rings. The van der Waals surface area contributed by atoms with E-state index in [1.807, 2.05) is 26.0 Å². The van der Waals surface area contributed by atoms with Gasteiger partial charge in [0, 0.05) is 24.6 Å². The predicted molar refractivity (Wildman–Crippen MR) is 116 cm³/mol. The SMILES string of the molecule is Cc1noc(C)c1COc1ccc(C(=O)Nc2ccccc2SC(=O)N(C)C)cc1. The van der Waals surface area contributed by atoms with Gasteiger partial charge < -0.3 is 19.5 Å². The van der Waals surface area contributed by atoms with E-state index < -0.39 is 0 Å². The Labute approximate surface area is 179 Å². The Bertz CT molecular complexity index is 1030. The summed E-state index contributed by atoms with van der Waals surface area (Å²) in [5.74, 6) is 1.10. The number of hydrogen-bond acceptors (Lipinski definition) is 6. The van der Waals surface area contributed by atoms with Crippen molar-refractivity contribution in [2.75, 3.05) is 19.4 Å². The van der Waals surface area contributed by atoms with Gasteiger partial charge in [-0.2, -0.15) is 0 Å². The summed E-state index contributed by atoms with van der Waals surface area (Å²) >= 11 is 1.06. The van der Waals surface area contributed by atoms with Crippen molar-refractivity contribution in [3.8, 4) is 5.75 Å². The third kappa shape index (κ3) is 5.21. The van der Waals surface area contributed by atoms with Gasteiger partial charge in [0.05, 0.1) is 16.9 Å². The van der Waals surface area contributed by atoms with Crippen molar-refractivity contribution in [2.24, 2.45) is 0 Å². The molecule has 0 aliphatic rings. The highest BCUT2D eigenvalue weighted by Gasteiger charge is 2.14. The number of ether oxygens (including phenoxy) is 1. The van der Waals surface area contributed by atoms with Gasteiger partial charge in [-0.1, -0.05) is 17.3 Å². The number of benzene rings is 2. The van der Waals surface area contributed by atoms with E-state index >= 15 is 0 Å². The van der Waals surface area contributed by atoms with Crippen LogP contribution in [0.5, 0.6) is 5.75 Å². The molecule has 1 heterocycles. The Morgan fingerprint density at radius 2 is 1.80 bits per heavy atom. The highest BCUT2D eigenvalue weighted by Crippen LogP contribution is 2.29. The largest absolute Gasteiger partial charge is 0.489 e. The fourth-order valence-corrected chi connectivity index (χ4v) is 3.35. The van der Waals surface area contributed by atoms with Gasteiger partial charge in [-0.15, -0.1) is 0 Å². The Hall–Kier alpha value is -3.26. The van der Waals surface area contributed by atoms with Crippen LogP contribution in [-0.4, -0.2) is 35.3 Å². The molecule has 0 aliphatic heterocycles. The normalized spacial score (nSPS) is 10.5. The quantitative estimate of drug-likeness (QED) is 0.566. The van der Waals surface area contributed by atoms with Gasteiger partial charge in [0.1, 0.15) is 18.1 Å². The first-order valence-corrected chi connectivity index (χ1v) is 10.1. The van der Waals surface area contributed by atoms with Crippen LogP contribution in [0.2, 0.25) is 0 Å². The molecule has 156 valence electrons. The maximum Gasteiger partial charge on any atom is 0.286 e. The van der Waals surface area contributed by atoms with Crippen LogP contribution in [0, 0.1) is 13.8 Å². The van der Waals surface area contributed by atoms with Crippen LogP contribution in [0.25, 0.3) is 0 Å². The Balaban J connectivity index is 1.65. The number of carbonyl (C=O) groups is 2. The van der Waals surface area contributed by atoms with Crippen molar-refractivity contribution >= 4 is 28.6 Å². The molecule has 0 fully saturated rings. The standard InChI is InChI=1S/C22H23N3O4S/c1-14-18(15(2)29-24-14)13-28-17-11-9-16(10-12-17)21(26)23-19-7-5-6-8-20(19)30-22(27)25(3)4/h5-12H,13H2,1-4H3,(H,23,26). The minimum Gasteiger partial charge on any atom is -0.489 e. The molecule has 0 spiro atoms. The second kappa shape index (κ2) is 9.49.